The van der Waals surface area contributed by atoms with Gasteiger partial charge in [0, 0.05) is 100 Å². The van der Waals surface area contributed by atoms with Crippen molar-refractivity contribution in [1.82, 2.24) is 39.0 Å². The van der Waals surface area contributed by atoms with Crippen LogP contribution >= 0.6 is 0 Å². The summed E-state index contributed by atoms with van der Waals surface area (Å²) in [4.78, 5) is 28.4. The first-order chi connectivity index (χ1) is 58.3. The summed E-state index contributed by atoms with van der Waals surface area (Å²) in [6.07, 6.45) is 6.89. The maximum Gasteiger partial charge on any atom is 0.181 e. The molecule has 0 aliphatic carbocycles. The molecule has 118 heavy (non-hydrogen) atoms. The molecule has 556 valence electrons. The predicted octanol–water partition coefficient (Wildman–Crippen LogP) is 28.0. The fraction of sp³-hybridized carbons (Fsp3) is 0.0189. The Kier molecular flexibility index (Phi) is 16.7. The molecule has 0 saturated heterocycles. The molecule has 0 aliphatic heterocycles. The smallest absolute Gasteiger partial charge is 0.181 e. The lowest BCUT2D eigenvalue weighted by Gasteiger charge is -2.14. The first-order valence-electron chi connectivity index (χ1n) is 39.4. The number of aryl methyl sites for hydroxylation is 2. The van der Waals surface area contributed by atoms with Crippen LogP contribution in [0.5, 0.6) is 0 Å². The first kappa shape index (κ1) is 68.8. The number of para-hydroxylation sites is 3. The van der Waals surface area contributed by atoms with Gasteiger partial charge in [0.05, 0.1) is 39.7 Å². The van der Waals surface area contributed by atoms with E-state index in [1.165, 1.54) is 66.5 Å². The summed E-state index contributed by atoms with van der Waals surface area (Å²) in [7, 11) is 0. The van der Waals surface area contributed by atoms with Crippen LogP contribution < -0.4 is 0 Å². The maximum absolute atomic E-state index is 6.61. The summed E-state index contributed by atoms with van der Waals surface area (Å²) in [5.74, 6) is 2.85. The van der Waals surface area contributed by atoms with Gasteiger partial charge in [0.2, 0.25) is 0 Å². The van der Waals surface area contributed by atoms with Gasteiger partial charge in [-0.3, -0.25) is 9.97 Å². The average Bonchev–Trinajstić information content (AvgIpc) is 1.57. The SMILES string of the molecule is Cc1oc2c(ccc3c4ccccc4n(-c4cc(-c5ccccn5)cc(-c5ccccn5)c4)c32)c1C.c1ccc(-c2nc(-c3ccccc3)nc(-c3cccc(-n4c5ccccc5c5cc6ocnc6cc54)c3)n2)cc1.c1ccc2c(-c3cc(-c4cccc5ccccc45)cc(-c4cccc5c4oc4cc6ccoc6cc45)c3)cccc2c1. The molecule has 0 fully saturated rings. The summed E-state index contributed by atoms with van der Waals surface area (Å²) in [6, 6.07) is 122. The number of hydrogen-bond acceptors (Lipinski definition) is 10. The Morgan fingerprint density at radius 1 is 0.271 bits per heavy atom. The van der Waals surface area contributed by atoms with Crippen LogP contribution in [0.15, 0.2) is 395 Å². The molecule has 9 heterocycles. The molecule has 0 radical (unpaired) electrons. The number of rotatable bonds is 10. The molecule has 9 aromatic heterocycles. The molecule has 0 bridgehead atoms. The van der Waals surface area contributed by atoms with Gasteiger partial charge in [0.1, 0.15) is 28.0 Å². The topological polar surface area (TPSA) is 140 Å². The highest BCUT2D eigenvalue weighted by molar-refractivity contribution is 6.19. The van der Waals surface area contributed by atoms with Crippen molar-refractivity contribution < 1.29 is 17.7 Å². The number of oxazole rings is 1. The molecular formula is C106H68N8O4. The van der Waals surface area contributed by atoms with Crippen LogP contribution in [-0.4, -0.2) is 39.0 Å². The molecule has 24 aromatic rings. The van der Waals surface area contributed by atoms with Gasteiger partial charge in [0.25, 0.3) is 0 Å². The minimum Gasteiger partial charge on any atom is -0.464 e. The van der Waals surface area contributed by atoms with Gasteiger partial charge in [0.15, 0.2) is 35.0 Å². The summed E-state index contributed by atoms with van der Waals surface area (Å²) >= 11 is 0. The van der Waals surface area contributed by atoms with Gasteiger partial charge in [-0.1, -0.05) is 237 Å². The number of pyridine rings is 2. The highest BCUT2D eigenvalue weighted by Gasteiger charge is 2.24. The molecule has 0 aliphatic rings. The molecule has 0 saturated carbocycles. The van der Waals surface area contributed by atoms with Crippen molar-refractivity contribution in [3.05, 3.63) is 388 Å². The van der Waals surface area contributed by atoms with Gasteiger partial charge < -0.3 is 26.8 Å². The second-order valence-electron chi connectivity index (χ2n) is 29.7. The minimum absolute atomic E-state index is 0.620. The average molecular weight is 1520 g/mol. The summed E-state index contributed by atoms with van der Waals surface area (Å²) in [5.41, 5.74) is 26.5. The van der Waals surface area contributed by atoms with Crippen LogP contribution in [0, 0.1) is 13.8 Å². The standard InChI is InChI=1S/C40H24O2.C34H21N5O.C32H23N3O/c1-3-12-31-25(8-1)10-5-14-33(31)28-20-29(34-15-6-11-26-9-2-4-13-32(26)34)22-30(21-28)35-16-7-17-36-37-24-38-27(18-19-41-38)23-39(37)42-40(35)36;1-3-10-22(11-4-1)32-36-33(23-12-5-2-6-13-23)38-34(37-32)24-14-9-15-25(18-24)39-29-17-8-7-16-26(29)27-19-31-28(20-30(27)39)35-21-40-31;1-20-21(2)36-32-25(20)13-14-27-26-9-3-4-12-30(26)35(31(27)32)24-18-22(28-10-5-7-15-33-28)17-23(19-24)29-11-6-8-16-34-29/h1-24H;1-21H;3-19H,1-2H3. The van der Waals surface area contributed by atoms with Crippen molar-refractivity contribution in [1.29, 1.82) is 0 Å². The summed E-state index contributed by atoms with van der Waals surface area (Å²) in [6.45, 7) is 4.16. The van der Waals surface area contributed by atoms with Crippen molar-refractivity contribution >= 4 is 120 Å². The zero-order valence-corrected chi connectivity index (χ0v) is 64.0. The maximum atomic E-state index is 6.61. The molecule has 15 aromatic carbocycles. The van der Waals surface area contributed by atoms with E-state index in [0.717, 1.165) is 155 Å². The Labute approximate surface area is 676 Å². The van der Waals surface area contributed by atoms with Crippen LogP contribution in [-0.2, 0) is 0 Å². The third-order valence-electron chi connectivity index (χ3n) is 22.8. The van der Waals surface area contributed by atoms with Gasteiger partial charge >= 0.3 is 0 Å². The Morgan fingerprint density at radius 2 is 0.780 bits per heavy atom. The van der Waals surface area contributed by atoms with Crippen molar-refractivity contribution in [3.8, 4) is 101 Å². The van der Waals surface area contributed by atoms with E-state index in [-0.39, 0.29) is 0 Å². The van der Waals surface area contributed by atoms with E-state index >= 15 is 0 Å². The lowest BCUT2D eigenvalue weighted by Crippen LogP contribution is -2.01. The zero-order valence-electron chi connectivity index (χ0n) is 64.0. The Balaban J connectivity index is 0.000000107. The fourth-order valence-electron chi connectivity index (χ4n) is 17.1. The van der Waals surface area contributed by atoms with Gasteiger partial charge in [-0.2, -0.15) is 0 Å². The van der Waals surface area contributed by atoms with Gasteiger partial charge in [-0.25, -0.2) is 19.9 Å². The van der Waals surface area contributed by atoms with E-state index in [9.17, 15) is 0 Å². The monoisotopic (exact) mass is 1520 g/mol. The lowest BCUT2D eigenvalue weighted by atomic mass is 9.89. The van der Waals surface area contributed by atoms with Gasteiger partial charge in [-0.05, 0) is 184 Å². The van der Waals surface area contributed by atoms with Crippen molar-refractivity contribution in [3.63, 3.8) is 0 Å². The van der Waals surface area contributed by atoms with E-state index in [0.29, 0.717) is 17.5 Å². The number of nitrogens with zero attached hydrogens (tertiary/aromatic N) is 8. The van der Waals surface area contributed by atoms with E-state index < -0.39 is 0 Å². The van der Waals surface area contributed by atoms with Crippen LogP contribution in [0.4, 0.5) is 0 Å². The van der Waals surface area contributed by atoms with Crippen molar-refractivity contribution in [2.24, 2.45) is 0 Å². The Bertz CT molecular complexity index is 7810. The molecule has 0 atom stereocenters. The number of fused-ring (bicyclic) bond motifs is 15. The molecule has 24 rings (SSSR count). The normalized spacial score (nSPS) is 11.6. The molecule has 0 unspecified atom stereocenters. The van der Waals surface area contributed by atoms with Crippen LogP contribution in [0.3, 0.4) is 0 Å². The molecular weight excluding hydrogens is 1450 g/mol. The number of benzene rings is 15. The zero-order chi connectivity index (χ0) is 78.3. The van der Waals surface area contributed by atoms with Crippen molar-refractivity contribution in [2.45, 2.75) is 13.8 Å². The molecule has 12 heteroatoms. The number of aromatic nitrogens is 8. The van der Waals surface area contributed by atoms with Crippen LogP contribution in [0.1, 0.15) is 11.3 Å². The molecule has 0 spiro atoms. The highest BCUT2D eigenvalue weighted by Crippen LogP contribution is 2.46. The van der Waals surface area contributed by atoms with E-state index in [1.807, 2.05) is 135 Å². The largest absolute Gasteiger partial charge is 0.464 e. The Hall–Kier alpha value is -15.9. The van der Waals surface area contributed by atoms with E-state index in [4.69, 9.17) is 32.6 Å². The van der Waals surface area contributed by atoms with E-state index in [2.05, 4.69) is 268 Å². The lowest BCUT2D eigenvalue weighted by molar-refractivity contribution is 0.577. The summed E-state index contributed by atoms with van der Waals surface area (Å²) < 4.78 is 28.9. The number of hydrogen-bond donors (Lipinski definition) is 0. The van der Waals surface area contributed by atoms with Crippen molar-refractivity contribution in [2.75, 3.05) is 0 Å². The molecule has 0 N–H and O–H groups in total. The second-order valence-corrected chi connectivity index (χ2v) is 29.7. The van der Waals surface area contributed by atoms with Crippen LogP contribution in [0.2, 0.25) is 0 Å². The molecule has 12 nitrogen and oxygen atoms in total. The van der Waals surface area contributed by atoms with Crippen LogP contribution in [0.25, 0.3) is 222 Å². The van der Waals surface area contributed by atoms with Gasteiger partial charge in [-0.15, -0.1) is 0 Å². The van der Waals surface area contributed by atoms with E-state index in [1.54, 1.807) is 6.26 Å². The third-order valence-corrected chi connectivity index (χ3v) is 22.8. The predicted molar refractivity (Wildman–Crippen MR) is 479 cm³/mol. The fourth-order valence-corrected chi connectivity index (χ4v) is 17.1. The quantitative estimate of drug-likeness (QED) is 0.130. The first-order valence-corrected chi connectivity index (χ1v) is 39.4. The molecule has 0 amide bonds. The summed E-state index contributed by atoms with van der Waals surface area (Å²) in [5, 5.41) is 13.9. The Morgan fingerprint density at radius 3 is 1.43 bits per heavy atom. The third kappa shape index (κ3) is 12.1. The highest BCUT2D eigenvalue weighted by atomic mass is 16.3. The number of furan rings is 3. The second kappa shape index (κ2) is 28.6. The minimum atomic E-state index is 0.620.